The fourth-order valence-electron chi connectivity index (χ4n) is 5.42. The van der Waals surface area contributed by atoms with Crippen LogP contribution in [0.25, 0.3) is 0 Å². The van der Waals surface area contributed by atoms with Crippen LogP contribution < -0.4 is 42.6 Å². The molecule has 0 aliphatic rings. The van der Waals surface area contributed by atoms with E-state index in [2.05, 4.69) is 0 Å². The van der Waals surface area contributed by atoms with E-state index in [4.69, 9.17) is 46.3 Å². The van der Waals surface area contributed by atoms with E-state index in [1.165, 1.54) is 36.4 Å². The Morgan fingerprint density at radius 2 is 0.611 bits per heavy atom. The summed E-state index contributed by atoms with van der Waals surface area (Å²) in [6.45, 7) is 15.7. The number of hydrogen-bond acceptors (Lipinski definition) is 12. The van der Waals surface area contributed by atoms with Gasteiger partial charge in [-0.3, -0.25) is 0 Å². The molecule has 304 valence electrons. The van der Waals surface area contributed by atoms with Gasteiger partial charge in [0.25, 0.3) is 0 Å². The molecule has 0 aliphatic heterocycles. The molecule has 0 aromatic heterocycles. The minimum absolute atomic E-state index is 0.0183. The first-order valence-electron chi connectivity index (χ1n) is 17.8. The van der Waals surface area contributed by atoms with E-state index in [0.717, 1.165) is 0 Å². The Bertz CT molecular complexity index is 1540. The summed E-state index contributed by atoms with van der Waals surface area (Å²) in [4.78, 5) is -0.709. The lowest BCUT2D eigenvalue weighted by Gasteiger charge is -2.43. The molecule has 0 amide bonds. The Balaban J connectivity index is 3.01. The second kappa shape index (κ2) is 20.0. The van der Waals surface area contributed by atoms with Gasteiger partial charge < -0.3 is 42.6 Å². The first-order valence-corrected chi connectivity index (χ1v) is 20.8. The summed E-state index contributed by atoms with van der Waals surface area (Å²) in [5.41, 5.74) is -5.93. The van der Waals surface area contributed by atoms with E-state index in [-0.39, 0.29) is 126 Å². The van der Waals surface area contributed by atoms with Crippen molar-refractivity contribution in [2.24, 2.45) is 0 Å². The van der Waals surface area contributed by atoms with E-state index < -0.39 is 25.9 Å². The molecular weight excluding hydrogens is 758 g/mol. The lowest BCUT2D eigenvalue weighted by molar-refractivity contribution is -0.0496. The average Bonchev–Trinajstić information content (AvgIpc) is 3.08. The van der Waals surface area contributed by atoms with Gasteiger partial charge >= 0.3 is 15.6 Å². The van der Waals surface area contributed by atoms with E-state index in [0.29, 0.717) is 0 Å². The van der Waals surface area contributed by atoms with Crippen molar-refractivity contribution in [2.45, 2.75) is 82.5 Å². The second-order valence-electron chi connectivity index (χ2n) is 10.7. The predicted octanol–water partition coefficient (Wildman–Crippen LogP) is 9.34. The molecule has 0 N–H and O–H groups in total. The quantitative estimate of drug-likeness (QED) is 0.0848. The number of ether oxygens (including phenoxy) is 9. The molecule has 0 saturated heterocycles. The smallest absolute Gasteiger partial charge is 0.494 e. The van der Waals surface area contributed by atoms with Gasteiger partial charge in [-0.1, -0.05) is 0 Å². The molecular formula is C37H51F3O12S2. The average molecular weight is 809 g/mol. The molecule has 0 unspecified atom stereocenters. The van der Waals surface area contributed by atoms with Gasteiger partial charge in [-0.05, 0) is 72.6 Å². The van der Waals surface area contributed by atoms with Gasteiger partial charge in [0.1, 0.15) is 66.4 Å². The van der Waals surface area contributed by atoms with Crippen LogP contribution in [0.4, 0.5) is 13.2 Å². The van der Waals surface area contributed by atoms with Crippen LogP contribution in [0.15, 0.2) is 51.1 Å². The van der Waals surface area contributed by atoms with Crippen LogP contribution in [0.5, 0.6) is 51.7 Å². The molecule has 3 rings (SSSR count). The van der Waals surface area contributed by atoms with E-state index in [1.807, 2.05) is 0 Å². The van der Waals surface area contributed by atoms with Crippen molar-refractivity contribution in [2.75, 3.05) is 59.5 Å². The summed E-state index contributed by atoms with van der Waals surface area (Å²) < 4.78 is 133. The number of hydrogen-bond donors (Lipinski definition) is 0. The minimum atomic E-state index is -6.54. The van der Waals surface area contributed by atoms with E-state index in [9.17, 15) is 21.6 Å². The Morgan fingerprint density at radius 3 is 0.778 bits per heavy atom. The van der Waals surface area contributed by atoms with Crippen molar-refractivity contribution >= 4 is 20.4 Å². The fourth-order valence-corrected chi connectivity index (χ4v) is 10.6. The van der Waals surface area contributed by atoms with Crippen LogP contribution in [-0.2, 0) is 13.7 Å². The fraction of sp³-hybridized carbons (Fsp3) is 0.514. The zero-order valence-electron chi connectivity index (χ0n) is 32.2. The number of rotatable bonds is 23. The van der Waals surface area contributed by atoms with E-state index in [1.54, 1.807) is 62.3 Å². The van der Waals surface area contributed by atoms with Crippen molar-refractivity contribution in [1.82, 2.24) is 0 Å². The third kappa shape index (κ3) is 9.76. The van der Waals surface area contributed by atoms with Gasteiger partial charge in [0.2, 0.25) is 0 Å². The minimum Gasteiger partial charge on any atom is -0.494 e. The van der Waals surface area contributed by atoms with Crippen molar-refractivity contribution in [1.29, 1.82) is 0 Å². The van der Waals surface area contributed by atoms with Crippen molar-refractivity contribution < 1.29 is 67.9 Å². The maximum Gasteiger partial charge on any atom is 0.524 e. The zero-order chi connectivity index (χ0) is 40.1. The molecule has 12 nitrogen and oxygen atoms in total. The van der Waals surface area contributed by atoms with Crippen LogP contribution in [0.1, 0.15) is 62.3 Å². The molecule has 0 aliphatic carbocycles. The van der Waals surface area contributed by atoms with Crippen LogP contribution in [0.3, 0.4) is 0 Å². The maximum absolute atomic E-state index is 14.9. The summed E-state index contributed by atoms with van der Waals surface area (Å²) in [7, 11) is -11.1. The van der Waals surface area contributed by atoms with Crippen molar-refractivity contribution in [3.8, 4) is 51.7 Å². The van der Waals surface area contributed by atoms with E-state index >= 15 is 0 Å². The van der Waals surface area contributed by atoms with Crippen molar-refractivity contribution in [3.05, 3.63) is 36.4 Å². The normalized spacial score (nSPS) is 12.1. The third-order valence-corrected chi connectivity index (χ3v) is 12.1. The summed E-state index contributed by atoms with van der Waals surface area (Å²) in [5.74, 6) is -0.00745. The molecule has 0 radical (unpaired) electrons. The monoisotopic (exact) mass is 808 g/mol. The highest BCUT2D eigenvalue weighted by atomic mass is 32.3. The molecule has 3 aromatic rings. The van der Waals surface area contributed by atoms with Crippen molar-refractivity contribution in [3.63, 3.8) is 0 Å². The van der Waals surface area contributed by atoms with Gasteiger partial charge in [-0.25, -0.2) is 0 Å². The molecule has 3 aromatic carbocycles. The SMILES string of the molecule is CCOc1cc(OCC)c(S(OS(=O)(=O)C(F)(F)F)(c2c(OCC)cc(OCC)cc2OCC)c2c(OCC)cc(OCC)cc2OCC)c(OCC)c1. The standard InChI is InChI=1S/C37H51F3O12S2/c1-10-43-25-19-28(46-13-4)34(29(20-25)47-14-5)53(52-54(41,42)37(38,39)40,35-30(48-15-6)21-26(44-11-2)22-31(35)49-16-7)36-32(50-17-8)23-27(45-12-3)24-33(36)51-18-9/h19-24H,10-18H2,1-9H3. The first-order chi connectivity index (χ1) is 25.8. The molecule has 0 heterocycles. The van der Waals surface area contributed by atoms with Gasteiger partial charge in [0.15, 0.2) is 0 Å². The predicted molar refractivity (Wildman–Crippen MR) is 198 cm³/mol. The molecule has 0 bridgehead atoms. The molecule has 0 fully saturated rings. The Morgan fingerprint density at radius 1 is 0.407 bits per heavy atom. The largest absolute Gasteiger partial charge is 0.524 e. The topological polar surface area (TPSA) is 126 Å². The van der Waals surface area contributed by atoms with Crippen LogP contribution in [0.2, 0.25) is 0 Å². The second-order valence-corrected chi connectivity index (χ2v) is 14.9. The summed E-state index contributed by atoms with van der Waals surface area (Å²) in [6.07, 6.45) is 0. The summed E-state index contributed by atoms with van der Waals surface area (Å²) in [6, 6.07) is 8.59. The number of alkyl halides is 3. The van der Waals surface area contributed by atoms with Crippen LogP contribution >= 0.6 is 10.3 Å². The maximum atomic E-state index is 14.9. The Kier molecular flexibility index (Phi) is 16.4. The van der Waals surface area contributed by atoms with Crippen LogP contribution in [0, 0.1) is 0 Å². The molecule has 0 spiro atoms. The van der Waals surface area contributed by atoms with Gasteiger partial charge in [-0.2, -0.15) is 25.2 Å². The highest BCUT2D eigenvalue weighted by molar-refractivity contribution is 8.33. The number of halogens is 3. The lowest BCUT2D eigenvalue weighted by atomic mass is 10.3. The van der Waals surface area contributed by atoms with Gasteiger partial charge in [-0.15, -0.1) is 0 Å². The lowest BCUT2D eigenvalue weighted by Crippen LogP contribution is -2.28. The van der Waals surface area contributed by atoms with Gasteiger partial charge in [0, 0.05) is 36.4 Å². The Hall–Kier alpha value is -4.09. The molecule has 17 heteroatoms. The summed E-state index contributed by atoms with van der Waals surface area (Å²) >= 11 is 0. The highest BCUT2D eigenvalue weighted by Gasteiger charge is 2.57. The zero-order valence-corrected chi connectivity index (χ0v) is 33.8. The summed E-state index contributed by atoms with van der Waals surface area (Å²) in [5, 5.41) is 0. The third-order valence-electron chi connectivity index (χ3n) is 7.05. The number of benzene rings is 3. The highest BCUT2D eigenvalue weighted by Crippen LogP contribution is 2.81. The van der Waals surface area contributed by atoms with Crippen LogP contribution in [-0.4, -0.2) is 73.4 Å². The molecule has 0 saturated carbocycles. The molecule has 54 heavy (non-hydrogen) atoms. The Labute approximate surface area is 317 Å². The van der Waals surface area contributed by atoms with Gasteiger partial charge in [0.05, 0.1) is 59.5 Å². The first kappa shape index (κ1) is 44.3. The molecule has 0 atom stereocenters.